The Balaban J connectivity index is 2.31. The summed E-state index contributed by atoms with van der Waals surface area (Å²) in [4.78, 5) is 4.72. The zero-order valence-electron chi connectivity index (χ0n) is 14.2. The van der Waals surface area contributed by atoms with Crippen LogP contribution in [0.5, 0.6) is 0 Å². The number of unbranched alkanes of at least 4 members (excludes halogenated alkanes) is 1. The van der Waals surface area contributed by atoms with Crippen LogP contribution >= 0.6 is 0 Å². The lowest BCUT2D eigenvalue weighted by atomic mass is 9.99. The van der Waals surface area contributed by atoms with Gasteiger partial charge in [0.1, 0.15) is 5.76 Å². The first-order chi connectivity index (χ1) is 11.8. The molecule has 0 amide bonds. The molecular formula is C22H23NO. The molecule has 122 valence electrons. The van der Waals surface area contributed by atoms with E-state index in [2.05, 4.69) is 43.8 Å². The van der Waals surface area contributed by atoms with Crippen molar-refractivity contribution in [3.63, 3.8) is 0 Å². The third-order valence-electron chi connectivity index (χ3n) is 4.11. The van der Waals surface area contributed by atoms with Gasteiger partial charge < -0.3 is 4.42 Å². The Morgan fingerprint density at radius 2 is 1.71 bits per heavy atom. The summed E-state index contributed by atoms with van der Waals surface area (Å²) >= 11 is 0. The summed E-state index contributed by atoms with van der Waals surface area (Å²) in [6.07, 6.45) is 4.89. The Labute approximate surface area is 143 Å². The van der Waals surface area contributed by atoms with Crippen LogP contribution in [0.3, 0.4) is 0 Å². The highest BCUT2D eigenvalue weighted by Gasteiger charge is 2.13. The van der Waals surface area contributed by atoms with Crippen LogP contribution in [0.4, 0.5) is 0 Å². The van der Waals surface area contributed by atoms with Gasteiger partial charge in [-0.25, -0.2) is 0 Å². The van der Waals surface area contributed by atoms with Crippen molar-refractivity contribution in [2.24, 2.45) is 4.99 Å². The Bertz CT molecular complexity index is 891. The number of hydrogen-bond acceptors (Lipinski definition) is 2. The van der Waals surface area contributed by atoms with Gasteiger partial charge in [0.05, 0.1) is 0 Å². The SMILES string of the molecule is C=CCc1c(-c2ccccc2)oc(=NCCCC)c2ccccc12. The maximum absolute atomic E-state index is 6.29. The Morgan fingerprint density at radius 1 is 1.00 bits per heavy atom. The van der Waals surface area contributed by atoms with Gasteiger partial charge in [-0.05, 0) is 24.3 Å². The topological polar surface area (TPSA) is 25.5 Å². The van der Waals surface area contributed by atoms with Crippen LogP contribution in [-0.2, 0) is 6.42 Å². The first-order valence-electron chi connectivity index (χ1n) is 8.56. The standard InChI is InChI=1S/C22H23NO/c1-3-5-16-23-22-20-15-10-9-14-18(20)19(11-4-2)21(24-22)17-12-7-6-8-13-17/h4,6-10,12-15H,2-3,5,11,16H2,1H3. The van der Waals surface area contributed by atoms with E-state index < -0.39 is 0 Å². The second-order valence-corrected chi connectivity index (χ2v) is 5.85. The van der Waals surface area contributed by atoms with Crippen LogP contribution in [0.2, 0.25) is 0 Å². The van der Waals surface area contributed by atoms with Crippen molar-refractivity contribution < 1.29 is 4.42 Å². The fraction of sp³-hybridized carbons (Fsp3) is 0.227. The highest BCUT2D eigenvalue weighted by atomic mass is 16.3. The fourth-order valence-electron chi connectivity index (χ4n) is 2.89. The predicted molar refractivity (Wildman–Crippen MR) is 101 cm³/mol. The number of hydrogen-bond donors (Lipinski definition) is 0. The average Bonchev–Trinajstić information content (AvgIpc) is 2.64. The molecule has 0 N–H and O–H groups in total. The number of benzene rings is 2. The van der Waals surface area contributed by atoms with E-state index in [1.807, 2.05) is 30.3 Å². The van der Waals surface area contributed by atoms with Crippen molar-refractivity contribution in [1.82, 2.24) is 0 Å². The normalized spacial score (nSPS) is 11.8. The van der Waals surface area contributed by atoms with Crippen molar-refractivity contribution in [3.8, 4) is 11.3 Å². The third-order valence-corrected chi connectivity index (χ3v) is 4.11. The minimum absolute atomic E-state index is 0.728. The molecule has 1 aromatic heterocycles. The smallest absolute Gasteiger partial charge is 0.222 e. The highest BCUT2D eigenvalue weighted by molar-refractivity contribution is 5.88. The number of nitrogens with zero attached hydrogens (tertiary/aromatic N) is 1. The van der Waals surface area contributed by atoms with E-state index in [1.54, 1.807) is 0 Å². The van der Waals surface area contributed by atoms with Gasteiger partial charge >= 0.3 is 0 Å². The molecule has 0 aliphatic rings. The molecule has 0 saturated heterocycles. The monoisotopic (exact) mass is 317 g/mol. The second-order valence-electron chi connectivity index (χ2n) is 5.85. The summed E-state index contributed by atoms with van der Waals surface area (Å²) in [7, 11) is 0. The molecule has 1 heterocycles. The number of allylic oxidation sites excluding steroid dienone is 1. The largest absolute Gasteiger partial charge is 0.438 e. The Kier molecular flexibility index (Phi) is 5.27. The molecule has 3 aromatic rings. The lowest BCUT2D eigenvalue weighted by Gasteiger charge is -2.11. The zero-order chi connectivity index (χ0) is 16.8. The van der Waals surface area contributed by atoms with E-state index >= 15 is 0 Å². The van der Waals surface area contributed by atoms with Crippen molar-refractivity contribution >= 4 is 10.8 Å². The summed E-state index contributed by atoms with van der Waals surface area (Å²) in [5.41, 5.74) is 2.97. The van der Waals surface area contributed by atoms with Gasteiger partial charge in [0.15, 0.2) is 0 Å². The van der Waals surface area contributed by atoms with Gasteiger partial charge in [-0.3, -0.25) is 4.99 Å². The van der Waals surface area contributed by atoms with Gasteiger partial charge in [0, 0.05) is 23.1 Å². The maximum atomic E-state index is 6.29. The number of fused-ring (bicyclic) bond motifs is 1. The van der Waals surface area contributed by atoms with Gasteiger partial charge in [-0.1, -0.05) is 68.0 Å². The summed E-state index contributed by atoms with van der Waals surface area (Å²) in [5, 5.41) is 2.27. The molecule has 0 aliphatic carbocycles. The Hall–Kier alpha value is -2.61. The molecule has 0 spiro atoms. The molecule has 3 rings (SSSR count). The first kappa shape index (κ1) is 16.3. The zero-order valence-corrected chi connectivity index (χ0v) is 14.2. The molecule has 2 nitrogen and oxygen atoms in total. The van der Waals surface area contributed by atoms with Gasteiger partial charge in [0.2, 0.25) is 5.55 Å². The summed E-state index contributed by atoms with van der Waals surface area (Å²) in [6.45, 7) is 6.88. The van der Waals surface area contributed by atoms with E-state index in [0.29, 0.717) is 0 Å². The lowest BCUT2D eigenvalue weighted by molar-refractivity contribution is 0.506. The van der Waals surface area contributed by atoms with Crippen LogP contribution in [0.1, 0.15) is 25.3 Å². The van der Waals surface area contributed by atoms with E-state index in [4.69, 9.17) is 9.41 Å². The summed E-state index contributed by atoms with van der Waals surface area (Å²) in [6, 6.07) is 18.6. The van der Waals surface area contributed by atoms with E-state index in [0.717, 1.165) is 48.1 Å². The van der Waals surface area contributed by atoms with Crippen LogP contribution in [-0.4, -0.2) is 6.54 Å². The molecule has 0 fully saturated rings. The van der Waals surface area contributed by atoms with Crippen molar-refractivity contribution in [3.05, 3.63) is 78.4 Å². The van der Waals surface area contributed by atoms with E-state index in [9.17, 15) is 0 Å². The quantitative estimate of drug-likeness (QED) is 0.433. The first-order valence-corrected chi connectivity index (χ1v) is 8.56. The molecule has 0 aliphatic heterocycles. The second kappa shape index (κ2) is 7.78. The molecule has 0 atom stereocenters. The van der Waals surface area contributed by atoms with Crippen LogP contribution in [0.15, 0.2) is 76.7 Å². The third kappa shape index (κ3) is 3.33. The molecule has 0 unspecified atom stereocenters. The Morgan fingerprint density at radius 3 is 2.42 bits per heavy atom. The van der Waals surface area contributed by atoms with Crippen LogP contribution in [0.25, 0.3) is 22.1 Å². The molecular weight excluding hydrogens is 294 g/mol. The summed E-state index contributed by atoms with van der Waals surface area (Å²) in [5.74, 6) is 0.893. The van der Waals surface area contributed by atoms with Crippen molar-refractivity contribution in [2.45, 2.75) is 26.2 Å². The van der Waals surface area contributed by atoms with Crippen molar-refractivity contribution in [2.75, 3.05) is 6.54 Å². The molecule has 2 heteroatoms. The van der Waals surface area contributed by atoms with E-state index in [-0.39, 0.29) is 0 Å². The molecule has 0 bridgehead atoms. The predicted octanol–water partition coefficient (Wildman–Crippen LogP) is 5.53. The fourth-order valence-corrected chi connectivity index (χ4v) is 2.89. The van der Waals surface area contributed by atoms with Crippen LogP contribution < -0.4 is 5.55 Å². The van der Waals surface area contributed by atoms with Gasteiger partial charge in [-0.2, -0.15) is 0 Å². The average molecular weight is 317 g/mol. The minimum Gasteiger partial charge on any atom is -0.438 e. The number of rotatable bonds is 6. The molecule has 24 heavy (non-hydrogen) atoms. The minimum atomic E-state index is 0.728. The van der Waals surface area contributed by atoms with Gasteiger partial charge in [0.25, 0.3) is 0 Å². The summed E-state index contributed by atoms with van der Waals surface area (Å²) < 4.78 is 6.29. The van der Waals surface area contributed by atoms with Crippen LogP contribution in [0, 0.1) is 0 Å². The van der Waals surface area contributed by atoms with E-state index in [1.165, 1.54) is 10.9 Å². The lowest BCUT2D eigenvalue weighted by Crippen LogP contribution is -2.08. The highest BCUT2D eigenvalue weighted by Crippen LogP contribution is 2.28. The van der Waals surface area contributed by atoms with Gasteiger partial charge in [-0.15, -0.1) is 6.58 Å². The molecule has 0 radical (unpaired) electrons. The molecule has 0 saturated carbocycles. The maximum Gasteiger partial charge on any atom is 0.222 e. The molecule has 2 aromatic carbocycles. The van der Waals surface area contributed by atoms with Crippen molar-refractivity contribution in [1.29, 1.82) is 0 Å².